The zero-order valence-electron chi connectivity index (χ0n) is 14.2. The normalized spacial score (nSPS) is 10.7. The molecule has 0 heterocycles. The molecule has 8 heteroatoms. The summed E-state index contributed by atoms with van der Waals surface area (Å²) in [5.74, 6) is -1.73. The molecule has 0 unspecified atom stereocenters. The number of carboxylic acid groups (broad SMARTS) is 1. The number of aliphatic carboxylic acids is 1. The van der Waals surface area contributed by atoms with Crippen LogP contribution in [0.5, 0.6) is 0 Å². The fraction of sp³-hybridized carbons (Fsp3) is 0.111. The summed E-state index contributed by atoms with van der Waals surface area (Å²) in [6.45, 7) is 8.39. The van der Waals surface area contributed by atoms with E-state index < -0.39 is 22.1 Å². The number of hydrogen-bond donors (Lipinski definition) is 1. The predicted molar refractivity (Wildman–Crippen MR) is 98.2 cm³/mol. The molecule has 0 fully saturated rings. The summed E-state index contributed by atoms with van der Waals surface area (Å²) in [7, 11) is -3.63. The monoisotopic (exact) mass is 380 g/mol. The van der Waals surface area contributed by atoms with Crippen LogP contribution >= 0.6 is 0 Å². The molecule has 26 heavy (non-hydrogen) atoms. The van der Waals surface area contributed by atoms with Crippen LogP contribution in [0.2, 0.25) is 0 Å². The van der Waals surface area contributed by atoms with Crippen molar-refractivity contribution in [1.29, 1.82) is 0 Å². The first-order chi connectivity index (χ1) is 12.2. The van der Waals surface area contributed by atoms with E-state index in [2.05, 4.69) is 22.1 Å². The first-order valence-corrected chi connectivity index (χ1v) is 8.73. The zero-order chi connectivity index (χ0) is 20.0. The van der Waals surface area contributed by atoms with Crippen molar-refractivity contribution in [2.24, 2.45) is 0 Å². The molecule has 0 aliphatic rings. The van der Waals surface area contributed by atoms with E-state index in [1.807, 2.05) is 18.2 Å². The van der Waals surface area contributed by atoms with Crippen LogP contribution in [0.1, 0.15) is 12.5 Å². The highest BCUT2D eigenvalue weighted by Crippen LogP contribution is 2.04. The molecule has 0 amide bonds. The first-order valence-electron chi connectivity index (χ1n) is 7.26. The molecule has 140 valence electrons. The zero-order valence-corrected chi connectivity index (χ0v) is 15.0. The van der Waals surface area contributed by atoms with Crippen molar-refractivity contribution in [1.82, 2.24) is 0 Å². The highest BCUT2D eigenvalue weighted by molar-refractivity contribution is 7.89. The Labute approximate surface area is 152 Å². The molecule has 1 aromatic rings. The van der Waals surface area contributed by atoms with Gasteiger partial charge in [0, 0.05) is 6.08 Å². The van der Waals surface area contributed by atoms with Crippen LogP contribution in [-0.2, 0) is 28.6 Å². The van der Waals surface area contributed by atoms with Gasteiger partial charge in [0.2, 0.25) is 0 Å². The third kappa shape index (κ3) is 11.4. The summed E-state index contributed by atoms with van der Waals surface area (Å²) in [6.07, 6.45) is 4.27. The van der Waals surface area contributed by atoms with Gasteiger partial charge in [0.05, 0.1) is 23.9 Å². The SMILES string of the molecule is C=C(C=CC(=O)O)C(=O)OCC.C=COS(=O)(=O)C=Cc1ccccc1. The van der Waals surface area contributed by atoms with E-state index in [1.54, 1.807) is 19.1 Å². The van der Waals surface area contributed by atoms with Gasteiger partial charge in [-0.3, -0.25) is 0 Å². The molecule has 0 aliphatic heterocycles. The topological polar surface area (TPSA) is 107 Å². The lowest BCUT2D eigenvalue weighted by Crippen LogP contribution is -2.05. The number of benzene rings is 1. The fourth-order valence-corrected chi connectivity index (χ4v) is 1.89. The maximum Gasteiger partial charge on any atom is 0.337 e. The Balaban J connectivity index is 0.000000488. The molecule has 0 aliphatic carbocycles. The molecule has 0 radical (unpaired) electrons. The van der Waals surface area contributed by atoms with Gasteiger partial charge in [-0.05, 0) is 24.6 Å². The molecular formula is C18H20O7S. The minimum atomic E-state index is -3.63. The van der Waals surface area contributed by atoms with Gasteiger partial charge in [-0.25, -0.2) is 9.59 Å². The van der Waals surface area contributed by atoms with Crippen LogP contribution in [0, 0.1) is 0 Å². The van der Waals surface area contributed by atoms with E-state index in [-0.39, 0.29) is 12.2 Å². The molecule has 1 N–H and O–H groups in total. The van der Waals surface area contributed by atoms with E-state index in [0.717, 1.165) is 29.4 Å². The Hall–Kier alpha value is -3.13. The summed E-state index contributed by atoms with van der Waals surface area (Å²) in [5, 5.41) is 9.18. The van der Waals surface area contributed by atoms with Crippen molar-refractivity contribution in [2.75, 3.05) is 6.61 Å². The van der Waals surface area contributed by atoms with Crippen molar-refractivity contribution in [3.63, 3.8) is 0 Å². The molecule has 1 aromatic carbocycles. The van der Waals surface area contributed by atoms with Gasteiger partial charge < -0.3 is 14.0 Å². The molecule has 0 saturated heterocycles. The second kappa shape index (κ2) is 12.3. The van der Waals surface area contributed by atoms with Crippen LogP contribution in [0.25, 0.3) is 6.08 Å². The van der Waals surface area contributed by atoms with Crippen molar-refractivity contribution >= 4 is 28.1 Å². The number of hydrogen-bond acceptors (Lipinski definition) is 6. The highest BCUT2D eigenvalue weighted by Gasteiger charge is 2.03. The average Bonchev–Trinajstić information content (AvgIpc) is 2.59. The minimum Gasteiger partial charge on any atom is -0.478 e. The van der Waals surface area contributed by atoms with E-state index in [9.17, 15) is 18.0 Å². The number of esters is 1. The average molecular weight is 380 g/mol. The summed E-state index contributed by atoms with van der Waals surface area (Å²) in [6, 6.07) is 9.08. The predicted octanol–water partition coefficient (Wildman–Crippen LogP) is 2.89. The van der Waals surface area contributed by atoms with E-state index >= 15 is 0 Å². The number of rotatable bonds is 8. The molecule has 1 rings (SSSR count). The highest BCUT2D eigenvalue weighted by atomic mass is 32.2. The molecule has 0 spiro atoms. The Bertz CT molecular complexity index is 775. The van der Waals surface area contributed by atoms with Crippen molar-refractivity contribution in [3.8, 4) is 0 Å². The van der Waals surface area contributed by atoms with E-state index in [1.165, 1.54) is 6.08 Å². The summed E-state index contributed by atoms with van der Waals surface area (Å²) >= 11 is 0. The third-order valence-electron chi connectivity index (χ3n) is 2.39. The second-order valence-corrected chi connectivity index (χ2v) is 5.84. The smallest absolute Gasteiger partial charge is 0.337 e. The Morgan fingerprint density at radius 3 is 2.31 bits per heavy atom. The standard InChI is InChI=1S/C10H10O3S.C8H10O4/c1-2-13-14(11,12)9-8-10-6-4-3-5-7-10;1-3-12-8(11)6(2)4-5-7(9)10/h2-9H,1H2;4-5H,2-3H2,1H3,(H,9,10). The van der Waals surface area contributed by atoms with E-state index in [0.29, 0.717) is 0 Å². The maximum absolute atomic E-state index is 11.0. The molecule has 0 bridgehead atoms. The number of carboxylic acids is 1. The summed E-state index contributed by atoms with van der Waals surface area (Å²) < 4.78 is 30.9. The lowest BCUT2D eigenvalue weighted by Gasteiger charge is -1.98. The first kappa shape index (κ1) is 22.9. The Kier molecular flexibility index (Phi) is 10.8. The molecule has 7 nitrogen and oxygen atoms in total. The fourth-order valence-electron chi connectivity index (χ4n) is 1.32. The lowest BCUT2D eigenvalue weighted by atomic mass is 10.2. The third-order valence-corrected chi connectivity index (χ3v) is 3.27. The molecule has 0 aromatic heterocycles. The van der Waals surface area contributed by atoms with Gasteiger partial charge in [0.25, 0.3) is 0 Å². The van der Waals surface area contributed by atoms with Crippen molar-refractivity contribution in [2.45, 2.75) is 6.92 Å². The van der Waals surface area contributed by atoms with Crippen LogP contribution in [0.4, 0.5) is 0 Å². The van der Waals surface area contributed by atoms with Crippen LogP contribution in [0.3, 0.4) is 0 Å². The number of carbonyl (C=O) groups excluding carboxylic acids is 1. The van der Waals surface area contributed by atoms with Gasteiger partial charge in [0.15, 0.2) is 0 Å². The van der Waals surface area contributed by atoms with Gasteiger partial charge >= 0.3 is 22.1 Å². The number of carbonyl (C=O) groups is 2. The van der Waals surface area contributed by atoms with E-state index in [4.69, 9.17) is 5.11 Å². The van der Waals surface area contributed by atoms with Gasteiger partial charge in [-0.15, -0.1) is 0 Å². The Morgan fingerprint density at radius 2 is 1.81 bits per heavy atom. The largest absolute Gasteiger partial charge is 0.478 e. The van der Waals surface area contributed by atoms with Gasteiger partial charge in [-0.1, -0.05) is 43.5 Å². The summed E-state index contributed by atoms with van der Waals surface area (Å²) in [5.41, 5.74) is 0.822. The Morgan fingerprint density at radius 1 is 1.19 bits per heavy atom. The van der Waals surface area contributed by atoms with Gasteiger partial charge in [-0.2, -0.15) is 8.42 Å². The lowest BCUT2D eigenvalue weighted by molar-refractivity contribution is -0.138. The molecular weight excluding hydrogens is 360 g/mol. The van der Waals surface area contributed by atoms with Crippen LogP contribution in [-0.4, -0.2) is 32.1 Å². The molecule has 0 saturated carbocycles. The minimum absolute atomic E-state index is 0.0271. The van der Waals surface area contributed by atoms with Crippen LogP contribution in [0.15, 0.2) is 72.9 Å². The second-order valence-electron chi connectivity index (χ2n) is 4.39. The van der Waals surface area contributed by atoms with Crippen LogP contribution < -0.4 is 0 Å². The van der Waals surface area contributed by atoms with Crippen molar-refractivity contribution < 1.29 is 32.0 Å². The molecule has 0 atom stereocenters. The number of ether oxygens (including phenoxy) is 1. The van der Waals surface area contributed by atoms with Gasteiger partial charge in [0.1, 0.15) is 0 Å². The quantitative estimate of drug-likeness (QED) is 0.243. The van der Waals surface area contributed by atoms with Crippen molar-refractivity contribution in [3.05, 3.63) is 78.4 Å². The summed E-state index contributed by atoms with van der Waals surface area (Å²) in [4.78, 5) is 20.8. The maximum atomic E-state index is 11.0.